The molecule has 3 aromatic heterocycles. The maximum Gasteiger partial charge on any atom is 0.0491 e. The first kappa shape index (κ1) is 24.2. The zero-order valence-electron chi connectivity index (χ0n) is 22.8. The summed E-state index contributed by atoms with van der Waals surface area (Å²) in [6.45, 7) is 6.67. The van der Waals surface area contributed by atoms with Gasteiger partial charge in [0, 0.05) is 66.5 Å². The number of fused-ring (bicyclic) bond motifs is 6. The summed E-state index contributed by atoms with van der Waals surface area (Å²) >= 11 is 1.89. The molecule has 0 unspecified atom stereocenters. The highest BCUT2D eigenvalue weighted by Crippen LogP contribution is 2.40. The third-order valence-corrected chi connectivity index (χ3v) is 9.37. The lowest BCUT2D eigenvalue weighted by molar-refractivity contribution is 0.665. The lowest BCUT2D eigenvalue weighted by atomic mass is 10.1. The quantitative estimate of drug-likeness (QED) is 0.186. The summed E-state index contributed by atoms with van der Waals surface area (Å²) < 4.78 is 5.01. The largest absolute Gasteiger partial charge is 0.340 e. The Morgan fingerprint density at radius 1 is 0.487 bits per heavy atom. The van der Waals surface area contributed by atoms with Crippen molar-refractivity contribution in [2.24, 2.45) is 0 Å². The molecule has 3 heteroatoms. The van der Waals surface area contributed by atoms with Gasteiger partial charge in [0.1, 0.15) is 0 Å². The molecule has 0 bridgehead atoms. The van der Waals surface area contributed by atoms with Crippen molar-refractivity contribution in [2.45, 2.75) is 52.6 Å². The van der Waals surface area contributed by atoms with Gasteiger partial charge in [-0.25, -0.2) is 0 Å². The number of para-hydroxylation sites is 2. The highest BCUT2D eigenvalue weighted by molar-refractivity contribution is 7.18. The molecule has 0 N–H and O–H groups in total. The number of unbranched alkanes of at least 4 members (excludes halogenated alkanes) is 2. The molecule has 0 saturated carbocycles. The maximum atomic E-state index is 2.50. The molecule has 7 aromatic rings. The minimum atomic E-state index is 1.07. The Morgan fingerprint density at radius 3 is 1.38 bits per heavy atom. The van der Waals surface area contributed by atoms with Gasteiger partial charge in [-0.1, -0.05) is 75.2 Å². The molecular weight excluding hydrogens is 492 g/mol. The van der Waals surface area contributed by atoms with E-state index in [1.165, 1.54) is 90.2 Å². The average molecular weight is 527 g/mol. The van der Waals surface area contributed by atoms with Crippen LogP contribution >= 0.6 is 11.3 Å². The number of rotatable bonds is 8. The van der Waals surface area contributed by atoms with Crippen LogP contribution in [0.5, 0.6) is 0 Å². The van der Waals surface area contributed by atoms with Crippen LogP contribution in [0.4, 0.5) is 0 Å². The number of nitrogens with zero attached hydrogens (tertiary/aromatic N) is 2. The first-order chi connectivity index (χ1) is 19.3. The molecule has 0 radical (unpaired) electrons. The van der Waals surface area contributed by atoms with Crippen LogP contribution in [0, 0.1) is 0 Å². The van der Waals surface area contributed by atoms with E-state index < -0.39 is 0 Å². The molecule has 4 aromatic carbocycles. The van der Waals surface area contributed by atoms with Gasteiger partial charge < -0.3 is 9.13 Å². The molecule has 194 valence electrons. The number of aromatic nitrogens is 2. The Morgan fingerprint density at radius 2 is 0.923 bits per heavy atom. The van der Waals surface area contributed by atoms with Crippen LogP contribution in [0.25, 0.3) is 64.5 Å². The van der Waals surface area contributed by atoms with Gasteiger partial charge >= 0.3 is 0 Å². The highest BCUT2D eigenvalue weighted by Gasteiger charge is 2.14. The molecule has 0 aliphatic heterocycles. The van der Waals surface area contributed by atoms with Crippen molar-refractivity contribution in [3.05, 3.63) is 97.1 Å². The van der Waals surface area contributed by atoms with E-state index >= 15 is 0 Å². The molecule has 0 fully saturated rings. The van der Waals surface area contributed by atoms with Crippen molar-refractivity contribution in [1.82, 2.24) is 9.13 Å². The van der Waals surface area contributed by atoms with Crippen LogP contribution in [0.15, 0.2) is 97.1 Å². The Labute approximate surface area is 234 Å². The number of hydrogen-bond acceptors (Lipinski definition) is 1. The normalized spacial score (nSPS) is 11.9. The number of aryl methyl sites for hydroxylation is 2. The fourth-order valence-corrected chi connectivity index (χ4v) is 7.18. The monoisotopic (exact) mass is 526 g/mol. The SMILES string of the molecule is CCCCn1c2ccccc2c2cc(-c3ccc(-c4ccc5c(c4)c4ccccc4n5CCCC)s3)ccc21. The van der Waals surface area contributed by atoms with Gasteiger partial charge in [0.15, 0.2) is 0 Å². The molecule has 39 heavy (non-hydrogen) atoms. The number of thiophene rings is 1. The second kappa shape index (κ2) is 10.1. The van der Waals surface area contributed by atoms with Crippen LogP contribution in [0.2, 0.25) is 0 Å². The smallest absolute Gasteiger partial charge is 0.0491 e. The van der Waals surface area contributed by atoms with Crippen LogP contribution < -0.4 is 0 Å². The fourth-order valence-electron chi connectivity index (χ4n) is 6.18. The first-order valence-corrected chi connectivity index (χ1v) is 15.2. The number of hydrogen-bond donors (Lipinski definition) is 0. The van der Waals surface area contributed by atoms with Crippen molar-refractivity contribution in [2.75, 3.05) is 0 Å². The van der Waals surface area contributed by atoms with E-state index in [-0.39, 0.29) is 0 Å². The van der Waals surface area contributed by atoms with E-state index in [0.717, 1.165) is 13.1 Å². The van der Waals surface area contributed by atoms with Gasteiger partial charge in [-0.2, -0.15) is 0 Å². The summed E-state index contributed by atoms with van der Waals surface area (Å²) in [6.07, 6.45) is 4.81. The summed E-state index contributed by atoms with van der Waals surface area (Å²) in [6, 6.07) is 36.4. The van der Waals surface area contributed by atoms with Crippen molar-refractivity contribution in [3.63, 3.8) is 0 Å². The second-order valence-corrected chi connectivity index (χ2v) is 11.8. The Kier molecular flexibility index (Phi) is 6.25. The van der Waals surface area contributed by atoms with Gasteiger partial charge in [-0.15, -0.1) is 11.3 Å². The molecule has 3 heterocycles. The molecule has 0 aliphatic rings. The van der Waals surface area contributed by atoms with E-state index in [1.54, 1.807) is 0 Å². The highest BCUT2D eigenvalue weighted by atomic mass is 32.1. The maximum absolute atomic E-state index is 2.50. The number of benzene rings is 4. The molecule has 7 rings (SSSR count). The van der Waals surface area contributed by atoms with Crippen molar-refractivity contribution in [1.29, 1.82) is 0 Å². The summed E-state index contributed by atoms with van der Waals surface area (Å²) in [7, 11) is 0. The predicted molar refractivity (Wildman–Crippen MR) is 171 cm³/mol. The van der Waals surface area contributed by atoms with Crippen LogP contribution in [0.3, 0.4) is 0 Å². The van der Waals surface area contributed by atoms with Crippen LogP contribution in [0.1, 0.15) is 39.5 Å². The van der Waals surface area contributed by atoms with E-state index in [1.807, 2.05) is 11.3 Å². The molecule has 0 aliphatic carbocycles. The minimum Gasteiger partial charge on any atom is -0.340 e. The van der Waals surface area contributed by atoms with Crippen molar-refractivity contribution in [3.8, 4) is 20.9 Å². The van der Waals surface area contributed by atoms with E-state index in [2.05, 4.69) is 120 Å². The fraction of sp³-hybridized carbons (Fsp3) is 0.222. The lowest BCUT2D eigenvalue weighted by Crippen LogP contribution is -1.96. The van der Waals surface area contributed by atoms with Crippen molar-refractivity contribution >= 4 is 54.9 Å². The summed E-state index contributed by atoms with van der Waals surface area (Å²) in [5, 5.41) is 5.42. The Bertz CT molecular complexity index is 1810. The average Bonchev–Trinajstić information content (AvgIpc) is 3.68. The zero-order valence-corrected chi connectivity index (χ0v) is 23.6. The Balaban J connectivity index is 1.29. The van der Waals surface area contributed by atoms with Crippen LogP contribution in [-0.4, -0.2) is 9.13 Å². The van der Waals surface area contributed by atoms with E-state index in [9.17, 15) is 0 Å². The van der Waals surface area contributed by atoms with Crippen LogP contribution in [-0.2, 0) is 13.1 Å². The molecule has 0 spiro atoms. The minimum absolute atomic E-state index is 1.07. The topological polar surface area (TPSA) is 9.86 Å². The van der Waals surface area contributed by atoms with E-state index in [0.29, 0.717) is 0 Å². The predicted octanol–water partition coefficient (Wildman–Crippen LogP) is 10.9. The molecule has 0 saturated heterocycles. The molecule has 2 nitrogen and oxygen atoms in total. The lowest BCUT2D eigenvalue weighted by Gasteiger charge is -2.07. The summed E-state index contributed by atoms with van der Waals surface area (Å²) in [5.74, 6) is 0. The molecule has 0 amide bonds. The van der Waals surface area contributed by atoms with Gasteiger partial charge in [0.05, 0.1) is 0 Å². The third kappa shape index (κ3) is 4.08. The van der Waals surface area contributed by atoms with E-state index in [4.69, 9.17) is 0 Å². The Hall–Kier alpha value is -3.82. The first-order valence-electron chi connectivity index (χ1n) is 14.4. The second-order valence-electron chi connectivity index (χ2n) is 10.7. The van der Waals surface area contributed by atoms with Gasteiger partial charge in [0.25, 0.3) is 0 Å². The molecule has 0 atom stereocenters. The summed E-state index contributed by atoms with van der Waals surface area (Å²) in [4.78, 5) is 2.64. The van der Waals surface area contributed by atoms with Gasteiger partial charge in [0.2, 0.25) is 0 Å². The summed E-state index contributed by atoms with van der Waals surface area (Å²) in [5.41, 5.74) is 7.97. The molecular formula is C36H34N2S. The van der Waals surface area contributed by atoms with Gasteiger partial charge in [-0.3, -0.25) is 0 Å². The standard InChI is InChI=1S/C36H34N2S/c1-3-5-21-37-31-13-9-7-11-27(31)29-23-25(15-17-33(29)37)35-19-20-36(39-35)26-16-18-34-30(24-26)28-12-8-10-14-32(28)38(34)22-6-4-2/h7-20,23-24H,3-6,21-22H2,1-2H3. The third-order valence-electron chi connectivity index (χ3n) is 8.19. The zero-order chi connectivity index (χ0) is 26.3. The van der Waals surface area contributed by atoms with Crippen molar-refractivity contribution < 1.29 is 0 Å². The van der Waals surface area contributed by atoms with Gasteiger partial charge in [-0.05, 0) is 72.5 Å².